The fourth-order valence-electron chi connectivity index (χ4n) is 2.58. The molecule has 2 heteroatoms. The quantitative estimate of drug-likeness (QED) is 0.872. The number of rotatable bonds is 5. The topological polar surface area (TPSA) is 25.2 Å². The Bertz CT molecular complexity index is 522. The Morgan fingerprint density at radius 3 is 2.37 bits per heavy atom. The predicted octanol–water partition coefficient (Wildman–Crippen LogP) is 4.10. The molecule has 1 aromatic heterocycles. The zero-order valence-electron chi connectivity index (χ0n) is 12.3. The van der Waals surface area contributed by atoms with Crippen molar-refractivity contribution in [3.05, 3.63) is 58.5 Å². The van der Waals surface area contributed by atoms with Crippen LogP contribution in [-0.2, 0) is 6.42 Å². The van der Waals surface area contributed by atoms with Gasteiger partial charge in [0, 0.05) is 11.6 Å². The lowest BCUT2D eigenvalue weighted by molar-refractivity contribution is 0.510. The van der Waals surface area contributed by atoms with Crippen LogP contribution in [-0.4, -0.2) is 6.54 Å². The van der Waals surface area contributed by atoms with Crippen LogP contribution in [0, 0.1) is 20.8 Å². The molecule has 102 valence electrons. The van der Waals surface area contributed by atoms with Crippen LogP contribution in [0.15, 0.2) is 34.9 Å². The Kier molecular flexibility index (Phi) is 4.43. The summed E-state index contributed by atoms with van der Waals surface area (Å²) < 4.78 is 5.45. The third-order valence-electron chi connectivity index (χ3n) is 3.66. The molecule has 2 nitrogen and oxygen atoms in total. The van der Waals surface area contributed by atoms with Crippen molar-refractivity contribution in [2.24, 2.45) is 0 Å². The molecule has 1 N–H and O–H groups in total. The number of aryl methyl sites for hydroxylation is 3. The van der Waals surface area contributed by atoms with Gasteiger partial charge in [-0.15, -0.1) is 0 Å². The lowest BCUT2D eigenvalue weighted by atomic mass is 9.94. The van der Waals surface area contributed by atoms with Gasteiger partial charge >= 0.3 is 0 Å². The summed E-state index contributed by atoms with van der Waals surface area (Å²) in [6, 6.07) is 8.94. The van der Waals surface area contributed by atoms with Crippen LogP contribution in [0.4, 0.5) is 0 Å². The van der Waals surface area contributed by atoms with E-state index in [0.29, 0.717) is 6.04 Å². The fourth-order valence-corrected chi connectivity index (χ4v) is 2.58. The molecule has 0 amide bonds. The first-order valence-electron chi connectivity index (χ1n) is 6.95. The summed E-state index contributed by atoms with van der Waals surface area (Å²) in [6.45, 7) is 9.47. The highest BCUT2D eigenvalue weighted by Gasteiger charge is 2.15. The summed E-state index contributed by atoms with van der Waals surface area (Å²) in [5, 5.41) is 3.56. The number of nitrogens with one attached hydrogen (secondary N) is 1. The first-order valence-corrected chi connectivity index (χ1v) is 6.95. The highest BCUT2D eigenvalue weighted by Crippen LogP contribution is 2.24. The monoisotopic (exact) mass is 257 g/mol. The van der Waals surface area contributed by atoms with Crippen LogP contribution in [0.2, 0.25) is 0 Å². The number of furan rings is 1. The molecule has 1 atom stereocenters. The second-order valence-electron chi connectivity index (χ2n) is 5.18. The Morgan fingerprint density at radius 2 is 1.84 bits per heavy atom. The number of hydrogen-bond acceptors (Lipinski definition) is 2. The average Bonchev–Trinajstić information content (AvgIpc) is 2.79. The van der Waals surface area contributed by atoms with Gasteiger partial charge in [-0.2, -0.15) is 0 Å². The van der Waals surface area contributed by atoms with E-state index in [2.05, 4.69) is 50.4 Å². The summed E-state index contributed by atoms with van der Waals surface area (Å²) >= 11 is 0. The summed E-state index contributed by atoms with van der Waals surface area (Å²) in [6.07, 6.45) is 2.88. The third kappa shape index (κ3) is 3.27. The maximum atomic E-state index is 5.45. The van der Waals surface area contributed by atoms with Gasteiger partial charge < -0.3 is 9.73 Å². The second kappa shape index (κ2) is 6.07. The molecule has 0 bridgehead atoms. The molecular formula is C17H23NO. The number of hydrogen-bond donors (Lipinski definition) is 1. The SMILES string of the molecule is CCNC(Cc1c(C)cccc1C)c1coc(C)c1. The molecule has 2 aromatic rings. The van der Waals surface area contributed by atoms with E-state index in [1.807, 2.05) is 13.2 Å². The predicted molar refractivity (Wildman–Crippen MR) is 79.5 cm³/mol. The van der Waals surface area contributed by atoms with Gasteiger partial charge in [0.1, 0.15) is 5.76 Å². The molecular weight excluding hydrogens is 234 g/mol. The minimum atomic E-state index is 0.322. The minimum absolute atomic E-state index is 0.322. The van der Waals surface area contributed by atoms with E-state index in [9.17, 15) is 0 Å². The molecule has 0 fully saturated rings. The zero-order chi connectivity index (χ0) is 13.8. The zero-order valence-corrected chi connectivity index (χ0v) is 12.3. The standard InChI is InChI=1S/C17H23NO/c1-5-18-17(15-9-14(4)19-11-15)10-16-12(2)7-6-8-13(16)3/h6-9,11,17-18H,5,10H2,1-4H3. The normalized spacial score (nSPS) is 12.6. The van der Waals surface area contributed by atoms with E-state index in [1.54, 1.807) is 0 Å². The van der Waals surface area contributed by atoms with Crippen molar-refractivity contribution >= 4 is 0 Å². The van der Waals surface area contributed by atoms with Crippen molar-refractivity contribution in [2.45, 2.75) is 40.2 Å². The number of benzene rings is 1. The van der Waals surface area contributed by atoms with Crippen LogP contribution in [0.3, 0.4) is 0 Å². The van der Waals surface area contributed by atoms with Gasteiger partial charge in [0.05, 0.1) is 6.26 Å². The number of likely N-dealkylation sites (N-methyl/N-ethyl adjacent to an activating group) is 1. The largest absolute Gasteiger partial charge is 0.469 e. The third-order valence-corrected chi connectivity index (χ3v) is 3.66. The maximum Gasteiger partial charge on any atom is 0.101 e. The molecule has 19 heavy (non-hydrogen) atoms. The van der Waals surface area contributed by atoms with E-state index >= 15 is 0 Å². The van der Waals surface area contributed by atoms with Gasteiger partial charge in [-0.3, -0.25) is 0 Å². The average molecular weight is 257 g/mol. The Hall–Kier alpha value is -1.54. The second-order valence-corrected chi connectivity index (χ2v) is 5.18. The van der Waals surface area contributed by atoms with Crippen LogP contribution >= 0.6 is 0 Å². The molecule has 1 unspecified atom stereocenters. The highest BCUT2D eigenvalue weighted by atomic mass is 16.3. The van der Waals surface area contributed by atoms with E-state index in [1.165, 1.54) is 22.3 Å². The van der Waals surface area contributed by atoms with Crippen molar-refractivity contribution in [1.29, 1.82) is 0 Å². The van der Waals surface area contributed by atoms with Crippen LogP contribution < -0.4 is 5.32 Å². The van der Waals surface area contributed by atoms with Crippen LogP contribution in [0.5, 0.6) is 0 Å². The molecule has 0 aliphatic carbocycles. The minimum Gasteiger partial charge on any atom is -0.469 e. The van der Waals surface area contributed by atoms with Crippen molar-refractivity contribution in [3.63, 3.8) is 0 Å². The molecule has 0 saturated heterocycles. The molecule has 1 aromatic carbocycles. The molecule has 0 aliphatic rings. The van der Waals surface area contributed by atoms with Crippen molar-refractivity contribution in [3.8, 4) is 0 Å². The lowest BCUT2D eigenvalue weighted by Crippen LogP contribution is -2.23. The fraction of sp³-hybridized carbons (Fsp3) is 0.412. The Morgan fingerprint density at radius 1 is 1.16 bits per heavy atom. The molecule has 0 radical (unpaired) electrons. The smallest absolute Gasteiger partial charge is 0.101 e. The maximum absolute atomic E-state index is 5.45. The molecule has 0 saturated carbocycles. The molecule has 1 heterocycles. The molecule has 0 aliphatic heterocycles. The van der Waals surface area contributed by atoms with Gasteiger partial charge in [0.25, 0.3) is 0 Å². The Balaban J connectivity index is 2.26. The van der Waals surface area contributed by atoms with E-state index in [-0.39, 0.29) is 0 Å². The summed E-state index contributed by atoms with van der Waals surface area (Å²) in [4.78, 5) is 0. The van der Waals surface area contributed by atoms with Crippen molar-refractivity contribution < 1.29 is 4.42 Å². The van der Waals surface area contributed by atoms with Crippen LogP contribution in [0.25, 0.3) is 0 Å². The van der Waals surface area contributed by atoms with E-state index in [4.69, 9.17) is 4.42 Å². The van der Waals surface area contributed by atoms with Crippen LogP contribution in [0.1, 0.15) is 41.0 Å². The summed E-state index contributed by atoms with van der Waals surface area (Å²) in [5.74, 6) is 0.972. The first kappa shape index (κ1) is 13.9. The first-order chi connectivity index (χ1) is 9.11. The van der Waals surface area contributed by atoms with Gasteiger partial charge in [0.2, 0.25) is 0 Å². The Labute approximate surface area is 115 Å². The van der Waals surface area contributed by atoms with Crippen molar-refractivity contribution in [1.82, 2.24) is 5.32 Å². The van der Waals surface area contributed by atoms with E-state index < -0.39 is 0 Å². The summed E-state index contributed by atoms with van der Waals surface area (Å²) in [7, 11) is 0. The van der Waals surface area contributed by atoms with Gasteiger partial charge in [0.15, 0.2) is 0 Å². The molecule has 0 spiro atoms. The van der Waals surface area contributed by atoms with E-state index in [0.717, 1.165) is 18.7 Å². The summed E-state index contributed by atoms with van der Waals surface area (Å²) in [5.41, 5.74) is 5.40. The molecule has 2 rings (SSSR count). The van der Waals surface area contributed by atoms with Crippen molar-refractivity contribution in [2.75, 3.05) is 6.54 Å². The highest BCUT2D eigenvalue weighted by molar-refractivity contribution is 5.35. The van der Waals surface area contributed by atoms with Gasteiger partial charge in [-0.1, -0.05) is 25.1 Å². The lowest BCUT2D eigenvalue weighted by Gasteiger charge is -2.19. The van der Waals surface area contributed by atoms with Gasteiger partial charge in [-0.05, 0) is 56.5 Å². The van der Waals surface area contributed by atoms with Gasteiger partial charge in [-0.25, -0.2) is 0 Å².